The molecule has 0 bridgehead atoms. The molecule has 2 aromatic heterocycles. The summed E-state index contributed by atoms with van der Waals surface area (Å²) in [6.07, 6.45) is 4.78. The summed E-state index contributed by atoms with van der Waals surface area (Å²) < 4.78 is 1.75. The number of aromatic nitrogens is 4. The van der Waals surface area contributed by atoms with Crippen LogP contribution in [0.4, 0.5) is 0 Å². The van der Waals surface area contributed by atoms with Gasteiger partial charge >= 0.3 is 0 Å². The Bertz CT molecular complexity index is 582. The number of hydrogen-bond acceptors (Lipinski definition) is 4. The molecule has 0 spiro atoms. The number of nitrogens with zero attached hydrogens (tertiary/aromatic N) is 3. The molecule has 0 aliphatic carbocycles. The second-order valence-corrected chi connectivity index (χ2v) is 3.51. The minimum Gasteiger partial charge on any atom is -0.392 e. The Kier molecular flexibility index (Phi) is 2.82. The zero-order valence-corrected chi connectivity index (χ0v) is 8.84. The third-order valence-electron chi connectivity index (χ3n) is 2.29. The third kappa shape index (κ3) is 1.87. The van der Waals surface area contributed by atoms with Gasteiger partial charge in [-0.2, -0.15) is 0 Å². The molecule has 0 unspecified atom stereocenters. The van der Waals surface area contributed by atoms with Crippen molar-refractivity contribution in [3.63, 3.8) is 0 Å². The van der Waals surface area contributed by atoms with Crippen LogP contribution in [0.5, 0.6) is 0 Å². The van der Waals surface area contributed by atoms with Crippen molar-refractivity contribution in [1.29, 1.82) is 0 Å². The summed E-state index contributed by atoms with van der Waals surface area (Å²) >= 11 is 0. The second-order valence-electron chi connectivity index (χ2n) is 3.51. The third-order valence-corrected chi connectivity index (χ3v) is 2.29. The van der Waals surface area contributed by atoms with Gasteiger partial charge in [-0.3, -0.25) is 4.79 Å². The summed E-state index contributed by atoms with van der Waals surface area (Å²) in [5.41, 5.74) is 1.50. The molecule has 84 valence electrons. The Morgan fingerprint density at radius 3 is 3.19 bits per heavy atom. The zero-order valence-electron chi connectivity index (χ0n) is 8.84. The molecule has 0 aromatic carbocycles. The Morgan fingerprint density at radius 2 is 2.44 bits per heavy atom. The number of aromatic amines is 1. The van der Waals surface area contributed by atoms with Crippen LogP contribution in [0.3, 0.4) is 0 Å². The molecular formula is C10H12N4O2. The van der Waals surface area contributed by atoms with Crippen LogP contribution in [-0.2, 0) is 6.54 Å². The number of allylic oxidation sites excluding steroid dienone is 1. The molecule has 0 saturated heterocycles. The fourth-order valence-electron chi connectivity index (χ4n) is 1.34. The molecule has 2 N–H and O–H groups in total. The van der Waals surface area contributed by atoms with Gasteiger partial charge in [-0.15, -0.1) is 0 Å². The maximum absolute atomic E-state index is 11.4. The molecular weight excluding hydrogens is 208 g/mol. The average molecular weight is 220 g/mol. The number of H-pyrrole nitrogens is 1. The highest BCUT2D eigenvalue weighted by atomic mass is 16.3. The van der Waals surface area contributed by atoms with E-state index in [0.717, 1.165) is 5.57 Å². The molecule has 0 atom stereocenters. The molecule has 2 rings (SSSR count). The van der Waals surface area contributed by atoms with Crippen molar-refractivity contribution < 1.29 is 5.11 Å². The van der Waals surface area contributed by atoms with E-state index in [0.29, 0.717) is 17.7 Å². The molecule has 0 fully saturated rings. The first kappa shape index (κ1) is 10.6. The van der Waals surface area contributed by atoms with E-state index in [-0.39, 0.29) is 12.2 Å². The molecule has 0 saturated carbocycles. The molecule has 6 nitrogen and oxygen atoms in total. The standard InChI is InChI=1S/C10H12N4O2/c1-7(4-15)2-3-14-6-13-8-9(14)11-5-12-10(8)16/h2,5-6,15H,3-4H2,1H3,(H,11,12,16)/b7-2+. The molecule has 0 aliphatic rings. The molecule has 2 heterocycles. The van der Waals surface area contributed by atoms with Gasteiger partial charge in [0.2, 0.25) is 0 Å². The van der Waals surface area contributed by atoms with Crippen molar-refractivity contribution in [3.8, 4) is 0 Å². The predicted octanol–water partition coefficient (Wildman–Crippen LogP) is 0.0582. The summed E-state index contributed by atoms with van der Waals surface area (Å²) in [4.78, 5) is 21.9. The number of imidazole rings is 1. The Morgan fingerprint density at radius 1 is 1.62 bits per heavy atom. The summed E-state index contributed by atoms with van der Waals surface area (Å²) in [5.74, 6) is 0. The van der Waals surface area contributed by atoms with Crippen molar-refractivity contribution in [3.05, 3.63) is 34.7 Å². The quantitative estimate of drug-likeness (QED) is 0.716. The minimum atomic E-state index is -0.244. The van der Waals surface area contributed by atoms with Crippen LogP contribution in [-0.4, -0.2) is 31.2 Å². The molecule has 0 aliphatic heterocycles. The van der Waals surface area contributed by atoms with Gasteiger partial charge in [0.1, 0.15) is 0 Å². The lowest BCUT2D eigenvalue weighted by atomic mass is 10.3. The number of nitrogens with one attached hydrogen (secondary N) is 1. The SMILES string of the molecule is C/C(=C\Cn1cnc2c(=O)[nH]cnc21)CO. The fraction of sp³-hybridized carbons (Fsp3) is 0.300. The van der Waals surface area contributed by atoms with E-state index in [1.165, 1.54) is 6.33 Å². The smallest absolute Gasteiger partial charge is 0.278 e. The van der Waals surface area contributed by atoms with Crippen LogP contribution in [0.2, 0.25) is 0 Å². The highest BCUT2D eigenvalue weighted by Gasteiger charge is 2.05. The van der Waals surface area contributed by atoms with Gasteiger partial charge in [0.15, 0.2) is 11.2 Å². The maximum atomic E-state index is 11.4. The normalized spacial score (nSPS) is 12.2. The molecule has 2 aromatic rings. The van der Waals surface area contributed by atoms with Crippen molar-refractivity contribution in [1.82, 2.24) is 19.5 Å². The van der Waals surface area contributed by atoms with Crippen molar-refractivity contribution in [2.24, 2.45) is 0 Å². The average Bonchev–Trinajstić information content (AvgIpc) is 2.70. The summed E-state index contributed by atoms with van der Waals surface area (Å²) in [6.45, 7) is 2.40. The van der Waals surface area contributed by atoms with Gasteiger partial charge in [-0.05, 0) is 6.92 Å². The van der Waals surface area contributed by atoms with Gasteiger partial charge in [0.05, 0.1) is 19.3 Å². The van der Waals surface area contributed by atoms with E-state index in [9.17, 15) is 4.79 Å². The second kappa shape index (κ2) is 4.28. The van der Waals surface area contributed by atoms with E-state index in [1.807, 2.05) is 13.0 Å². The Hall–Kier alpha value is -1.95. The Balaban J connectivity index is 2.40. The van der Waals surface area contributed by atoms with Crippen molar-refractivity contribution in [2.75, 3.05) is 6.61 Å². The van der Waals surface area contributed by atoms with E-state index < -0.39 is 0 Å². The highest BCUT2D eigenvalue weighted by molar-refractivity contribution is 5.68. The fourth-order valence-corrected chi connectivity index (χ4v) is 1.34. The van der Waals surface area contributed by atoms with Crippen LogP contribution in [0.15, 0.2) is 29.1 Å². The Labute approximate surface area is 91.3 Å². The minimum absolute atomic E-state index is 0.0284. The lowest BCUT2D eigenvalue weighted by Crippen LogP contribution is -2.07. The zero-order chi connectivity index (χ0) is 11.5. The van der Waals surface area contributed by atoms with Gasteiger partial charge in [-0.25, -0.2) is 9.97 Å². The molecule has 0 amide bonds. The lowest BCUT2D eigenvalue weighted by molar-refractivity contribution is 0.330. The maximum Gasteiger partial charge on any atom is 0.278 e. The molecule has 0 radical (unpaired) electrons. The first-order valence-electron chi connectivity index (χ1n) is 4.87. The van der Waals surface area contributed by atoms with Crippen molar-refractivity contribution >= 4 is 11.2 Å². The number of hydrogen-bond donors (Lipinski definition) is 2. The van der Waals surface area contributed by atoms with E-state index in [4.69, 9.17) is 5.11 Å². The van der Waals surface area contributed by atoms with Crippen LogP contribution >= 0.6 is 0 Å². The molecule has 16 heavy (non-hydrogen) atoms. The molecule has 6 heteroatoms. The highest BCUT2D eigenvalue weighted by Crippen LogP contribution is 2.04. The van der Waals surface area contributed by atoms with Crippen LogP contribution in [0.1, 0.15) is 6.92 Å². The van der Waals surface area contributed by atoms with Crippen LogP contribution in [0.25, 0.3) is 11.2 Å². The summed E-state index contributed by atoms with van der Waals surface area (Å²) in [6, 6.07) is 0. The number of aliphatic hydroxyl groups is 1. The summed E-state index contributed by atoms with van der Waals surface area (Å²) in [7, 11) is 0. The number of aliphatic hydroxyl groups excluding tert-OH is 1. The van der Waals surface area contributed by atoms with Gasteiger partial charge in [0, 0.05) is 6.54 Å². The lowest BCUT2D eigenvalue weighted by Gasteiger charge is -1.99. The van der Waals surface area contributed by atoms with Crippen LogP contribution < -0.4 is 5.56 Å². The van der Waals surface area contributed by atoms with E-state index in [1.54, 1.807) is 10.9 Å². The largest absolute Gasteiger partial charge is 0.392 e. The van der Waals surface area contributed by atoms with Gasteiger partial charge < -0.3 is 14.7 Å². The monoisotopic (exact) mass is 220 g/mol. The predicted molar refractivity (Wildman–Crippen MR) is 59.0 cm³/mol. The van der Waals surface area contributed by atoms with Crippen LogP contribution in [0, 0.1) is 0 Å². The first-order chi connectivity index (χ1) is 7.72. The number of fused-ring (bicyclic) bond motifs is 1. The van der Waals surface area contributed by atoms with Gasteiger partial charge in [-0.1, -0.05) is 11.6 Å². The first-order valence-corrected chi connectivity index (χ1v) is 4.87. The van der Waals surface area contributed by atoms with Crippen molar-refractivity contribution in [2.45, 2.75) is 13.5 Å². The van der Waals surface area contributed by atoms with Gasteiger partial charge in [0.25, 0.3) is 5.56 Å². The summed E-state index contributed by atoms with van der Waals surface area (Å²) in [5, 5.41) is 8.86. The van der Waals surface area contributed by atoms with E-state index in [2.05, 4.69) is 15.0 Å². The van der Waals surface area contributed by atoms with E-state index >= 15 is 0 Å². The topological polar surface area (TPSA) is 83.8 Å². The number of rotatable bonds is 3.